The van der Waals surface area contributed by atoms with Crippen LogP contribution in [0.15, 0.2) is 42.5 Å². The summed E-state index contributed by atoms with van der Waals surface area (Å²) in [6, 6.07) is 12.8. The number of para-hydroxylation sites is 1. The number of hydrogen-bond donors (Lipinski definition) is 0. The van der Waals surface area contributed by atoms with Gasteiger partial charge < -0.3 is 14.5 Å². The van der Waals surface area contributed by atoms with Crippen molar-refractivity contribution in [1.29, 1.82) is 0 Å². The molecule has 11 heteroatoms. The van der Waals surface area contributed by atoms with Gasteiger partial charge in [0.25, 0.3) is 0 Å². The van der Waals surface area contributed by atoms with Crippen LogP contribution in [0.3, 0.4) is 0 Å². The van der Waals surface area contributed by atoms with Gasteiger partial charge in [-0.1, -0.05) is 40.5 Å². The maximum atomic E-state index is 13.0. The van der Waals surface area contributed by atoms with E-state index in [9.17, 15) is 9.59 Å². The van der Waals surface area contributed by atoms with Crippen molar-refractivity contribution in [2.75, 3.05) is 39.3 Å². The number of benzene rings is 2. The number of piperazine rings is 1. The van der Waals surface area contributed by atoms with Crippen LogP contribution in [0.4, 0.5) is 9.59 Å². The fourth-order valence-corrected chi connectivity index (χ4v) is 5.34. The first kappa shape index (κ1) is 23.8. The second-order valence-corrected chi connectivity index (χ2v) is 9.72. The number of nitrogens with zero attached hydrogens (tertiary/aromatic N) is 6. The number of piperidine rings is 1. The molecular weight excluding hydrogens is 491 g/mol. The van der Waals surface area contributed by atoms with Crippen molar-refractivity contribution in [1.82, 2.24) is 29.7 Å². The molecule has 2 aliphatic heterocycles. The van der Waals surface area contributed by atoms with E-state index >= 15 is 0 Å². The average Bonchev–Trinajstić information content (AvgIpc) is 3.31. The summed E-state index contributed by atoms with van der Waals surface area (Å²) in [5, 5.41) is 9.16. The molecule has 0 radical (unpaired) electrons. The lowest BCUT2D eigenvalue weighted by Gasteiger charge is -2.42. The number of fused-ring (bicyclic) bond motifs is 1. The Morgan fingerprint density at radius 2 is 1.60 bits per heavy atom. The zero-order valence-electron chi connectivity index (χ0n) is 19.1. The molecule has 3 heterocycles. The number of rotatable bonds is 3. The maximum Gasteiger partial charge on any atom is 0.410 e. The van der Waals surface area contributed by atoms with Crippen molar-refractivity contribution >= 4 is 46.4 Å². The molecule has 184 valence electrons. The van der Waals surface area contributed by atoms with E-state index in [2.05, 4.69) is 15.2 Å². The molecule has 0 saturated carbocycles. The summed E-state index contributed by atoms with van der Waals surface area (Å²) >= 11 is 12.0. The summed E-state index contributed by atoms with van der Waals surface area (Å²) in [4.78, 5) is 31.5. The highest BCUT2D eigenvalue weighted by molar-refractivity contribution is 6.34. The molecule has 0 spiro atoms. The van der Waals surface area contributed by atoms with Crippen LogP contribution in [0.5, 0.6) is 0 Å². The Morgan fingerprint density at radius 3 is 2.31 bits per heavy atom. The van der Waals surface area contributed by atoms with Crippen LogP contribution < -0.4 is 0 Å². The van der Waals surface area contributed by atoms with Crippen LogP contribution in [0.1, 0.15) is 18.4 Å². The fraction of sp³-hybridized carbons (Fsp3) is 0.417. The highest BCUT2D eigenvalue weighted by Crippen LogP contribution is 2.22. The Balaban J connectivity index is 1.08. The summed E-state index contributed by atoms with van der Waals surface area (Å²) in [7, 11) is 0. The molecule has 0 atom stereocenters. The molecular formula is C24H26Cl2N6O3. The van der Waals surface area contributed by atoms with Crippen LogP contribution in [0.25, 0.3) is 11.0 Å². The molecule has 2 saturated heterocycles. The zero-order chi connectivity index (χ0) is 24.4. The molecule has 5 rings (SSSR count). The van der Waals surface area contributed by atoms with Gasteiger partial charge in [-0.15, -0.1) is 5.10 Å². The van der Waals surface area contributed by atoms with E-state index in [0.29, 0.717) is 47.8 Å². The predicted octanol–water partition coefficient (Wildman–Crippen LogP) is 4.13. The van der Waals surface area contributed by atoms with E-state index < -0.39 is 0 Å². The summed E-state index contributed by atoms with van der Waals surface area (Å²) in [6.45, 7) is 4.25. The molecule has 2 amide bonds. The fourth-order valence-electron chi connectivity index (χ4n) is 4.77. The summed E-state index contributed by atoms with van der Waals surface area (Å²) in [5.74, 6) is 0. The minimum absolute atomic E-state index is 0.132. The first-order valence-electron chi connectivity index (χ1n) is 11.7. The number of likely N-dealkylation sites (tertiary alicyclic amines) is 1. The van der Waals surface area contributed by atoms with Crippen LogP contribution in [-0.2, 0) is 11.3 Å². The van der Waals surface area contributed by atoms with Gasteiger partial charge in [-0.05, 0) is 48.7 Å². The van der Waals surface area contributed by atoms with Gasteiger partial charge in [0.1, 0.15) is 12.1 Å². The maximum absolute atomic E-state index is 13.0. The third-order valence-electron chi connectivity index (χ3n) is 6.64. The normalized spacial score (nSPS) is 17.7. The van der Waals surface area contributed by atoms with Gasteiger partial charge >= 0.3 is 12.1 Å². The van der Waals surface area contributed by atoms with Crippen molar-refractivity contribution in [3.05, 3.63) is 58.1 Å². The SMILES string of the molecule is O=C(OCc1cc(Cl)cc(Cl)c1)N1CCN(C2CCN(C(=O)n3nnc4ccccc43)CC2)CC1. The third-order valence-corrected chi connectivity index (χ3v) is 7.08. The highest BCUT2D eigenvalue weighted by atomic mass is 35.5. The molecule has 0 N–H and O–H groups in total. The Bertz CT molecular complexity index is 1200. The number of aromatic nitrogens is 3. The number of ether oxygens (including phenoxy) is 1. The zero-order valence-corrected chi connectivity index (χ0v) is 20.7. The molecule has 1 aromatic heterocycles. The quantitative estimate of drug-likeness (QED) is 0.520. The molecule has 0 aliphatic carbocycles. The number of halogens is 2. The smallest absolute Gasteiger partial charge is 0.410 e. The number of hydrogen-bond acceptors (Lipinski definition) is 6. The van der Waals surface area contributed by atoms with Crippen LogP contribution in [-0.4, -0.2) is 87.1 Å². The first-order chi connectivity index (χ1) is 17.0. The van der Waals surface area contributed by atoms with Crippen molar-refractivity contribution in [2.45, 2.75) is 25.5 Å². The molecule has 2 aliphatic rings. The summed E-state index contributed by atoms with van der Waals surface area (Å²) in [5.41, 5.74) is 2.19. The Kier molecular flexibility index (Phi) is 7.08. The second kappa shape index (κ2) is 10.4. The number of carbonyl (C=O) groups is 2. The van der Waals surface area contributed by atoms with Gasteiger partial charge in [-0.3, -0.25) is 4.90 Å². The molecule has 9 nitrogen and oxygen atoms in total. The predicted molar refractivity (Wildman–Crippen MR) is 133 cm³/mol. The minimum Gasteiger partial charge on any atom is -0.445 e. The van der Waals surface area contributed by atoms with Crippen molar-refractivity contribution in [2.24, 2.45) is 0 Å². The van der Waals surface area contributed by atoms with Crippen molar-refractivity contribution < 1.29 is 14.3 Å². The van der Waals surface area contributed by atoms with Gasteiger partial charge in [-0.25, -0.2) is 9.59 Å². The number of amides is 2. The Hall–Kier alpha value is -2.88. The van der Waals surface area contributed by atoms with E-state index in [1.807, 2.05) is 29.2 Å². The summed E-state index contributed by atoms with van der Waals surface area (Å²) in [6.07, 6.45) is 1.44. The summed E-state index contributed by atoms with van der Waals surface area (Å²) < 4.78 is 6.84. The van der Waals surface area contributed by atoms with Crippen LogP contribution in [0.2, 0.25) is 10.0 Å². The van der Waals surface area contributed by atoms with Crippen LogP contribution >= 0.6 is 23.2 Å². The van der Waals surface area contributed by atoms with Crippen LogP contribution in [0, 0.1) is 0 Å². The van der Waals surface area contributed by atoms with Gasteiger partial charge in [0.15, 0.2) is 0 Å². The lowest BCUT2D eigenvalue weighted by molar-refractivity contribution is 0.0468. The van der Waals surface area contributed by atoms with Gasteiger partial charge in [0, 0.05) is 55.4 Å². The molecule has 0 bridgehead atoms. The molecule has 35 heavy (non-hydrogen) atoms. The van der Waals surface area contributed by atoms with Crippen molar-refractivity contribution in [3.63, 3.8) is 0 Å². The van der Waals surface area contributed by atoms with E-state index in [1.54, 1.807) is 23.1 Å². The van der Waals surface area contributed by atoms with Gasteiger partial charge in [0.2, 0.25) is 0 Å². The van der Waals surface area contributed by atoms with Gasteiger partial charge in [0.05, 0.1) is 5.52 Å². The topological polar surface area (TPSA) is 83.8 Å². The van der Waals surface area contributed by atoms with Gasteiger partial charge in [-0.2, -0.15) is 4.68 Å². The average molecular weight is 517 g/mol. The minimum atomic E-state index is -0.332. The van der Waals surface area contributed by atoms with E-state index in [4.69, 9.17) is 27.9 Å². The lowest BCUT2D eigenvalue weighted by atomic mass is 10.0. The molecule has 0 unspecified atom stereocenters. The largest absolute Gasteiger partial charge is 0.445 e. The Labute approximate surface area is 213 Å². The van der Waals surface area contributed by atoms with E-state index in [1.165, 1.54) is 4.68 Å². The van der Waals surface area contributed by atoms with Crippen molar-refractivity contribution in [3.8, 4) is 0 Å². The Morgan fingerprint density at radius 1 is 0.914 bits per heavy atom. The van der Waals surface area contributed by atoms with E-state index in [0.717, 1.165) is 37.0 Å². The molecule has 3 aromatic rings. The second-order valence-electron chi connectivity index (χ2n) is 8.85. The lowest BCUT2D eigenvalue weighted by Crippen LogP contribution is -2.55. The first-order valence-corrected chi connectivity index (χ1v) is 12.4. The highest BCUT2D eigenvalue weighted by Gasteiger charge is 2.31. The third kappa shape index (κ3) is 5.37. The monoisotopic (exact) mass is 516 g/mol. The standard InChI is InChI=1S/C24H26Cl2N6O3/c25-18-13-17(14-19(26)15-18)16-35-24(34)31-11-9-29(10-12-31)20-5-7-30(8-6-20)23(33)32-22-4-2-1-3-21(22)27-28-32/h1-4,13-15,20H,5-12,16H2. The van der Waals surface area contributed by atoms with E-state index in [-0.39, 0.29) is 18.7 Å². The number of carbonyl (C=O) groups excluding carboxylic acids is 2. The molecule has 2 fully saturated rings. The molecule has 2 aromatic carbocycles.